The lowest BCUT2D eigenvalue weighted by Crippen LogP contribution is -2.08. The summed E-state index contributed by atoms with van der Waals surface area (Å²) in [7, 11) is 3.21. The predicted molar refractivity (Wildman–Crippen MR) is 34.8 cm³/mol. The fraction of sp³-hybridized carbons (Fsp3) is 0.400. The molecule has 0 spiro atoms. The van der Waals surface area contributed by atoms with Crippen LogP contribution in [0.5, 0.6) is 0 Å². The zero-order valence-electron chi connectivity index (χ0n) is 5.77. The van der Waals surface area contributed by atoms with Crippen LogP contribution in [0.15, 0.2) is 11.9 Å². The van der Waals surface area contributed by atoms with Crippen LogP contribution in [0, 0.1) is 10.1 Å². The second kappa shape index (κ2) is 3.60. The van der Waals surface area contributed by atoms with Crippen LogP contribution >= 0.6 is 0 Å². The topological polar surface area (TPSA) is 63.5 Å². The van der Waals surface area contributed by atoms with Gasteiger partial charge < -0.3 is 4.90 Å². The highest BCUT2D eigenvalue weighted by Gasteiger charge is 2.07. The van der Waals surface area contributed by atoms with Gasteiger partial charge in [-0.3, -0.25) is 14.9 Å². The first kappa shape index (κ1) is 8.61. The maximum Gasteiger partial charge on any atom is 0.324 e. The van der Waals surface area contributed by atoms with E-state index in [0.717, 1.165) is 6.20 Å². The number of rotatable bonds is 3. The molecule has 0 N–H and O–H groups in total. The van der Waals surface area contributed by atoms with Crippen molar-refractivity contribution in [3.8, 4) is 0 Å². The third-order valence-electron chi connectivity index (χ3n) is 0.722. The Morgan fingerprint density at radius 1 is 1.60 bits per heavy atom. The van der Waals surface area contributed by atoms with Crippen molar-refractivity contribution in [2.24, 2.45) is 0 Å². The highest BCUT2D eigenvalue weighted by atomic mass is 16.6. The summed E-state index contributed by atoms with van der Waals surface area (Å²) in [6, 6.07) is 0. The molecular formula is C5H8N2O3. The average molecular weight is 144 g/mol. The van der Waals surface area contributed by atoms with Crippen molar-refractivity contribution in [1.82, 2.24) is 4.90 Å². The monoisotopic (exact) mass is 144 g/mol. The summed E-state index contributed by atoms with van der Waals surface area (Å²) in [6.07, 6.45) is 1.35. The lowest BCUT2D eigenvalue weighted by molar-refractivity contribution is -0.418. The molecule has 0 aromatic rings. The third-order valence-corrected chi connectivity index (χ3v) is 0.722. The Hall–Kier alpha value is -1.39. The molecule has 0 aromatic heterocycles. The van der Waals surface area contributed by atoms with E-state index in [2.05, 4.69) is 0 Å². The minimum atomic E-state index is -0.729. The first-order valence-corrected chi connectivity index (χ1v) is 2.55. The molecule has 0 radical (unpaired) electrons. The van der Waals surface area contributed by atoms with E-state index in [0.29, 0.717) is 0 Å². The Kier molecular flexibility index (Phi) is 3.10. The minimum Gasteiger partial charge on any atom is -0.378 e. The lowest BCUT2D eigenvalue weighted by atomic mass is 10.5. The molecule has 0 saturated carbocycles. The molecule has 0 unspecified atom stereocenters. The normalized spacial score (nSPS) is 10.8. The number of hydrogen-bond donors (Lipinski definition) is 0. The first-order chi connectivity index (χ1) is 4.57. The van der Waals surface area contributed by atoms with Gasteiger partial charge in [0.15, 0.2) is 0 Å². The lowest BCUT2D eigenvalue weighted by Gasteiger charge is -2.00. The van der Waals surface area contributed by atoms with Crippen molar-refractivity contribution in [2.45, 2.75) is 0 Å². The Morgan fingerprint density at radius 2 is 2.10 bits per heavy atom. The van der Waals surface area contributed by atoms with Gasteiger partial charge in [0.25, 0.3) is 0 Å². The van der Waals surface area contributed by atoms with Gasteiger partial charge in [0.05, 0.1) is 11.1 Å². The second-order valence-corrected chi connectivity index (χ2v) is 1.89. The average Bonchev–Trinajstić information content (AvgIpc) is 1.81. The summed E-state index contributed by atoms with van der Waals surface area (Å²) in [4.78, 5) is 20.6. The molecule has 0 saturated heterocycles. The van der Waals surface area contributed by atoms with E-state index in [4.69, 9.17) is 0 Å². The molecule has 0 amide bonds. The third kappa shape index (κ3) is 2.81. The molecule has 56 valence electrons. The second-order valence-electron chi connectivity index (χ2n) is 1.89. The van der Waals surface area contributed by atoms with Gasteiger partial charge in [-0.05, 0) is 0 Å². The van der Waals surface area contributed by atoms with Crippen molar-refractivity contribution < 1.29 is 9.72 Å². The van der Waals surface area contributed by atoms with Gasteiger partial charge in [0.2, 0.25) is 6.29 Å². The Bertz CT molecular complexity index is 174. The largest absolute Gasteiger partial charge is 0.378 e. The van der Waals surface area contributed by atoms with Gasteiger partial charge in [0, 0.05) is 14.1 Å². The molecule has 0 rings (SSSR count). The quantitative estimate of drug-likeness (QED) is 0.239. The molecule has 0 fully saturated rings. The predicted octanol–water partition coefficient (Wildman–Crippen LogP) is -0.135. The number of allylic oxidation sites excluding steroid dienone is 1. The number of nitro groups is 1. The summed E-state index contributed by atoms with van der Waals surface area (Å²) >= 11 is 0. The standard InChI is InChI=1S/C5H8N2O3/c1-6(2)3-5(4-8)7(9)10/h3-4H,1-2H3/b5-3-. The van der Waals surface area contributed by atoms with Crippen LogP contribution in [-0.2, 0) is 4.79 Å². The molecule has 0 heterocycles. The van der Waals surface area contributed by atoms with Crippen molar-refractivity contribution in [1.29, 1.82) is 0 Å². The van der Waals surface area contributed by atoms with Crippen molar-refractivity contribution in [3.05, 3.63) is 22.0 Å². The van der Waals surface area contributed by atoms with Crippen LogP contribution in [0.4, 0.5) is 0 Å². The number of aldehydes is 1. The van der Waals surface area contributed by atoms with Gasteiger partial charge in [-0.1, -0.05) is 0 Å². The molecule has 5 nitrogen and oxygen atoms in total. The van der Waals surface area contributed by atoms with Crippen LogP contribution < -0.4 is 0 Å². The van der Waals surface area contributed by atoms with Crippen molar-refractivity contribution >= 4 is 6.29 Å². The van der Waals surface area contributed by atoms with E-state index < -0.39 is 10.6 Å². The van der Waals surface area contributed by atoms with E-state index in [1.165, 1.54) is 4.90 Å². The van der Waals surface area contributed by atoms with Crippen molar-refractivity contribution in [3.63, 3.8) is 0 Å². The van der Waals surface area contributed by atoms with E-state index >= 15 is 0 Å². The maximum atomic E-state index is 9.95. The zero-order valence-corrected chi connectivity index (χ0v) is 5.77. The van der Waals surface area contributed by atoms with Gasteiger partial charge in [-0.15, -0.1) is 0 Å². The SMILES string of the molecule is CN(C)/C=C(/C=O)[N+](=O)[O-]. The van der Waals surface area contributed by atoms with Crippen LogP contribution in [0.25, 0.3) is 0 Å². The minimum absolute atomic E-state index is 0.208. The molecule has 0 aliphatic carbocycles. The van der Waals surface area contributed by atoms with Gasteiger partial charge >= 0.3 is 5.70 Å². The molecule has 0 atom stereocenters. The smallest absolute Gasteiger partial charge is 0.324 e. The van der Waals surface area contributed by atoms with Crippen LogP contribution in [0.2, 0.25) is 0 Å². The number of hydrogen-bond acceptors (Lipinski definition) is 4. The Labute approximate surface area is 58.1 Å². The maximum absolute atomic E-state index is 9.95. The van der Waals surface area contributed by atoms with E-state index in [-0.39, 0.29) is 6.29 Å². The van der Waals surface area contributed by atoms with Crippen LogP contribution in [-0.4, -0.2) is 30.2 Å². The number of carbonyl (C=O) groups excluding carboxylic acids is 1. The van der Waals surface area contributed by atoms with E-state index in [1.54, 1.807) is 14.1 Å². The summed E-state index contributed by atoms with van der Waals surface area (Å²) < 4.78 is 0. The van der Waals surface area contributed by atoms with Gasteiger partial charge in [-0.25, -0.2) is 0 Å². The first-order valence-electron chi connectivity index (χ1n) is 2.55. The summed E-state index contributed by atoms with van der Waals surface area (Å²) in [5, 5.41) is 9.95. The molecule has 0 aliphatic heterocycles. The molecule has 0 aromatic carbocycles. The summed E-state index contributed by atoms with van der Waals surface area (Å²) in [5.74, 6) is 0. The fourth-order valence-electron chi connectivity index (χ4n) is 0.385. The highest BCUT2D eigenvalue weighted by molar-refractivity contribution is 5.69. The van der Waals surface area contributed by atoms with E-state index in [1.807, 2.05) is 0 Å². The Balaban J connectivity index is 4.33. The summed E-state index contributed by atoms with van der Waals surface area (Å²) in [6.45, 7) is 0. The molecular weight excluding hydrogens is 136 g/mol. The molecule has 5 heteroatoms. The number of carbonyl (C=O) groups is 1. The number of nitrogens with zero attached hydrogens (tertiary/aromatic N) is 2. The van der Waals surface area contributed by atoms with Crippen molar-refractivity contribution in [2.75, 3.05) is 14.1 Å². The van der Waals surface area contributed by atoms with Gasteiger partial charge in [-0.2, -0.15) is 0 Å². The van der Waals surface area contributed by atoms with E-state index in [9.17, 15) is 14.9 Å². The summed E-state index contributed by atoms with van der Waals surface area (Å²) in [5.41, 5.74) is -0.440. The zero-order chi connectivity index (χ0) is 8.15. The molecule has 10 heavy (non-hydrogen) atoms. The Morgan fingerprint density at radius 3 is 2.20 bits per heavy atom. The fourth-order valence-corrected chi connectivity index (χ4v) is 0.385. The van der Waals surface area contributed by atoms with Gasteiger partial charge in [0.1, 0.15) is 0 Å². The molecule has 0 aliphatic rings. The van der Waals surface area contributed by atoms with Crippen LogP contribution in [0.1, 0.15) is 0 Å². The highest BCUT2D eigenvalue weighted by Crippen LogP contribution is 1.90. The van der Waals surface area contributed by atoms with Crippen LogP contribution in [0.3, 0.4) is 0 Å². The molecule has 0 bridgehead atoms.